The molecule has 6 nitrogen and oxygen atoms in total. The zero-order chi connectivity index (χ0) is 22.1. The second-order valence-corrected chi connectivity index (χ2v) is 9.06. The number of hydrogen-bond donors (Lipinski definition) is 3. The van der Waals surface area contributed by atoms with Crippen molar-refractivity contribution >= 4 is 74.0 Å². The predicted octanol–water partition coefficient (Wildman–Crippen LogP) is 6.18. The number of hydrogen-bond acceptors (Lipinski definition) is 7. The fourth-order valence-electron chi connectivity index (χ4n) is 2.56. The minimum absolute atomic E-state index is 0.00295. The fraction of sp³-hybridized carbons (Fsp3) is 0.300. The molecule has 0 unspecified atom stereocenters. The maximum absolute atomic E-state index is 12.5. The van der Waals surface area contributed by atoms with Crippen LogP contribution in [-0.2, 0) is 14.3 Å². The van der Waals surface area contributed by atoms with E-state index in [1.54, 1.807) is 36.0 Å². The van der Waals surface area contributed by atoms with E-state index in [-0.39, 0.29) is 18.1 Å². The van der Waals surface area contributed by atoms with Gasteiger partial charge >= 0.3 is 12.1 Å². The van der Waals surface area contributed by atoms with Crippen LogP contribution < -0.4 is 5.32 Å². The molecule has 0 aromatic heterocycles. The van der Waals surface area contributed by atoms with Crippen molar-refractivity contribution in [1.82, 2.24) is 0 Å². The Balaban J connectivity index is 2.11. The molecule has 0 aliphatic carbocycles. The van der Waals surface area contributed by atoms with Crippen molar-refractivity contribution in [2.45, 2.75) is 23.8 Å². The largest absolute Gasteiger partial charge is 0.506 e. The van der Waals surface area contributed by atoms with Gasteiger partial charge in [0, 0.05) is 20.6 Å². The molecular formula is C20H21Br2NO5S2. The van der Waals surface area contributed by atoms with Gasteiger partial charge in [-0.25, -0.2) is 4.79 Å². The summed E-state index contributed by atoms with van der Waals surface area (Å²) >= 11 is 12.1. The number of esters is 1. The normalized spacial score (nSPS) is 11.6. The van der Waals surface area contributed by atoms with Crippen molar-refractivity contribution in [3.05, 3.63) is 50.9 Å². The minimum atomic E-state index is -0.751. The number of rotatable bonds is 9. The van der Waals surface area contributed by atoms with E-state index in [4.69, 9.17) is 9.47 Å². The van der Waals surface area contributed by atoms with E-state index >= 15 is 0 Å². The van der Waals surface area contributed by atoms with Crippen LogP contribution in [0.5, 0.6) is 5.75 Å². The van der Waals surface area contributed by atoms with Gasteiger partial charge in [0.2, 0.25) is 0 Å². The molecule has 30 heavy (non-hydrogen) atoms. The first kappa shape index (κ1) is 24.9. The van der Waals surface area contributed by atoms with Crippen molar-refractivity contribution in [1.29, 1.82) is 0 Å². The Morgan fingerprint density at radius 1 is 1.23 bits per heavy atom. The molecule has 0 saturated heterocycles. The molecular weight excluding hydrogens is 558 g/mol. The molecule has 0 saturated carbocycles. The van der Waals surface area contributed by atoms with Crippen molar-refractivity contribution < 1.29 is 24.2 Å². The van der Waals surface area contributed by atoms with Crippen LogP contribution in [0.1, 0.15) is 24.5 Å². The lowest BCUT2D eigenvalue weighted by molar-refractivity contribution is -0.140. The van der Waals surface area contributed by atoms with Crippen molar-refractivity contribution in [2.75, 3.05) is 23.9 Å². The number of halogens is 2. The number of thioether (sulfide) groups is 1. The highest BCUT2D eigenvalue weighted by Gasteiger charge is 2.22. The molecule has 162 valence electrons. The van der Waals surface area contributed by atoms with Crippen LogP contribution in [0.3, 0.4) is 0 Å². The van der Waals surface area contributed by atoms with Gasteiger partial charge in [0.1, 0.15) is 11.9 Å². The van der Waals surface area contributed by atoms with Crippen LogP contribution in [0.25, 0.3) is 0 Å². The molecule has 0 fully saturated rings. The topological polar surface area (TPSA) is 84.9 Å². The van der Waals surface area contributed by atoms with Gasteiger partial charge in [-0.05, 0) is 71.4 Å². The molecule has 0 heterocycles. The molecule has 0 spiro atoms. The Kier molecular flexibility index (Phi) is 10.4. The summed E-state index contributed by atoms with van der Waals surface area (Å²) in [5, 5.41) is 13.1. The molecule has 2 N–H and O–H groups in total. The smallest absolute Gasteiger partial charge is 0.412 e. The lowest BCUT2D eigenvalue weighted by Crippen LogP contribution is -2.18. The Bertz CT molecular complexity index is 880. The predicted molar refractivity (Wildman–Crippen MR) is 129 cm³/mol. The first-order valence-electron chi connectivity index (χ1n) is 8.90. The zero-order valence-electron chi connectivity index (χ0n) is 16.1. The Morgan fingerprint density at radius 3 is 2.57 bits per heavy atom. The summed E-state index contributed by atoms with van der Waals surface area (Å²) in [4.78, 5) is 24.8. The standard InChI is InChI=1S/C20H21Br2NO5S2/c1-30-14-6-4-13(5-7-14)23-20(26)28-17(3-2-8-27-18(24)11-29)15-9-12(21)10-16(22)19(15)25/h4-7,9-10,17,25,29H,2-3,8,11H2,1H3,(H,23,26)/t17-/m1/s1. The highest BCUT2D eigenvalue weighted by atomic mass is 79.9. The molecule has 0 radical (unpaired) electrons. The van der Waals surface area contributed by atoms with Crippen molar-refractivity contribution in [3.63, 3.8) is 0 Å². The highest BCUT2D eigenvalue weighted by Crippen LogP contribution is 2.38. The number of anilines is 1. The van der Waals surface area contributed by atoms with Gasteiger partial charge in [-0.15, -0.1) is 11.8 Å². The third-order valence-electron chi connectivity index (χ3n) is 3.99. The van der Waals surface area contributed by atoms with Gasteiger partial charge < -0.3 is 14.6 Å². The molecule has 2 aromatic carbocycles. The van der Waals surface area contributed by atoms with E-state index in [0.29, 0.717) is 33.0 Å². The van der Waals surface area contributed by atoms with Crippen LogP contribution in [0, 0.1) is 0 Å². The number of phenolic OH excluding ortho intramolecular Hbond substituents is 1. The maximum atomic E-state index is 12.5. The number of carbonyl (C=O) groups is 2. The van der Waals surface area contributed by atoms with Crippen LogP contribution in [0.15, 0.2) is 50.2 Å². The van der Waals surface area contributed by atoms with E-state index in [2.05, 4.69) is 49.8 Å². The summed E-state index contributed by atoms with van der Waals surface area (Å²) < 4.78 is 11.8. The van der Waals surface area contributed by atoms with Crippen molar-refractivity contribution in [2.24, 2.45) is 0 Å². The quantitative estimate of drug-likeness (QED) is 0.142. The summed E-state index contributed by atoms with van der Waals surface area (Å²) in [5.74, 6) is -0.445. The summed E-state index contributed by atoms with van der Waals surface area (Å²) in [6.07, 6.45) is 1.34. The number of benzene rings is 2. The number of aromatic hydroxyl groups is 1. The van der Waals surface area contributed by atoms with Crippen LogP contribution in [-0.4, -0.2) is 35.8 Å². The lowest BCUT2D eigenvalue weighted by atomic mass is 10.0. The van der Waals surface area contributed by atoms with Gasteiger partial charge in [-0.1, -0.05) is 15.9 Å². The van der Waals surface area contributed by atoms with Crippen LogP contribution in [0.4, 0.5) is 10.5 Å². The number of thiol groups is 1. The highest BCUT2D eigenvalue weighted by molar-refractivity contribution is 9.11. The Labute approximate surface area is 201 Å². The summed E-state index contributed by atoms with van der Waals surface area (Å²) in [5.41, 5.74) is 1.03. The van der Waals surface area contributed by atoms with E-state index in [1.165, 1.54) is 0 Å². The molecule has 1 amide bonds. The number of nitrogens with one attached hydrogen (secondary N) is 1. The van der Waals surface area contributed by atoms with Gasteiger partial charge in [0.05, 0.1) is 16.8 Å². The number of ether oxygens (including phenoxy) is 2. The second kappa shape index (κ2) is 12.5. The number of carbonyl (C=O) groups excluding carboxylic acids is 2. The third kappa shape index (κ3) is 7.72. The van der Waals surface area contributed by atoms with E-state index in [0.717, 1.165) is 4.90 Å². The first-order chi connectivity index (χ1) is 14.3. The SMILES string of the molecule is CSc1ccc(NC(=O)O[C@H](CCCOC(=O)CS)c2cc(Br)cc(Br)c2O)cc1. The van der Waals surface area contributed by atoms with E-state index in [9.17, 15) is 14.7 Å². The molecule has 2 aromatic rings. The summed E-state index contributed by atoms with van der Waals surface area (Å²) in [7, 11) is 0. The first-order valence-corrected chi connectivity index (χ1v) is 12.3. The Hall–Kier alpha value is -1.36. The number of amides is 1. The zero-order valence-corrected chi connectivity index (χ0v) is 20.9. The average Bonchev–Trinajstić information content (AvgIpc) is 2.73. The molecule has 0 bridgehead atoms. The molecule has 0 aliphatic rings. The second-order valence-electron chi connectivity index (χ2n) is 6.09. The van der Waals surface area contributed by atoms with Gasteiger partial charge in [-0.2, -0.15) is 12.6 Å². The van der Waals surface area contributed by atoms with Gasteiger partial charge in [-0.3, -0.25) is 10.1 Å². The molecule has 1 atom stereocenters. The van der Waals surface area contributed by atoms with Gasteiger partial charge in [0.15, 0.2) is 0 Å². The van der Waals surface area contributed by atoms with Crippen molar-refractivity contribution in [3.8, 4) is 5.75 Å². The van der Waals surface area contributed by atoms with Crippen LogP contribution >= 0.6 is 56.3 Å². The maximum Gasteiger partial charge on any atom is 0.412 e. The summed E-state index contributed by atoms with van der Waals surface area (Å²) in [6.45, 7) is 0.160. The average molecular weight is 579 g/mol. The minimum Gasteiger partial charge on any atom is -0.506 e. The summed E-state index contributed by atoms with van der Waals surface area (Å²) in [6, 6.07) is 10.7. The van der Waals surface area contributed by atoms with E-state index < -0.39 is 18.2 Å². The van der Waals surface area contributed by atoms with Gasteiger partial charge in [0.25, 0.3) is 0 Å². The Morgan fingerprint density at radius 2 is 1.93 bits per heavy atom. The molecule has 0 aliphatic heterocycles. The molecule has 10 heteroatoms. The van der Waals surface area contributed by atoms with E-state index in [1.807, 2.05) is 18.4 Å². The molecule has 2 rings (SSSR count). The lowest BCUT2D eigenvalue weighted by Gasteiger charge is -2.20. The number of phenols is 1. The van der Waals surface area contributed by atoms with Crippen LogP contribution in [0.2, 0.25) is 0 Å². The third-order valence-corrected chi connectivity index (χ3v) is 6.06. The monoisotopic (exact) mass is 577 g/mol. The fourth-order valence-corrected chi connectivity index (χ4v) is 4.32.